The number of nitrogens with one attached hydrogen (secondary N) is 1. The van der Waals surface area contributed by atoms with Crippen LogP contribution in [0, 0.1) is 0 Å². The molecule has 0 fully saturated rings. The first-order valence-electron chi connectivity index (χ1n) is 4.05. The van der Waals surface area contributed by atoms with Gasteiger partial charge in [-0.25, -0.2) is 9.97 Å². The van der Waals surface area contributed by atoms with Gasteiger partial charge in [-0.1, -0.05) is 11.3 Å². The smallest absolute Gasteiger partial charge is 0.305 e. The van der Waals surface area contributed by atoms with Gasteiger partial charge < -0.3 is 4.98 Å². The molecule has 0 saturated heterocycles. The van der Waals surface area contributed by atoms with Crippen molar-refractivity contribution in [3.8, 4) is 0 Å². The maximum absolute atomic E-state index is 11.1. The van der Waals surface area contributed by atoms with Gasteiger partial charge in [-0.05, 0) is 12.1 Å². The summed E-state index contributed by atoms with van der Waals surface area (Å²) in [5.74, 6) is 0. The molecule has 0 spiro atoms. The second kappa shape index (κ2) is 2.62. The van der Waals surface area contributed by atoms with Crippen LogP contribution in [0.2, 0.25) is 0 Å². The number of thiazole rings is 1. The van der Waals surface area contributed by atoms with Gasteiger partial charge in [-0.2, -0.15) is 0 Å². The van der Waals surface area contributed by atoms with E-state index >= 15 is 0 Å². The van der Waals surface area contributed by atoms with Crippen molar-refractivity contribution < 1.29 is 0 Å². The Hall–Kier alpha value is -1.75. The van der Waals surface area contributed by atoms with Crippen LogP contribution in [0.25, 0.3) is 21.1 Å². The molecule has 1 aromatic carbocycles. The van der Waals surface area contributed by atoms with Crippen LogP contribution in [0.4, 0.5) is 0 Å². The number of nitrogens with zero attached hydrogens (tertiary/aromatic N) is 2. The Morgan fingerprint density at radius 3 is 3.21 bits per heavy atom. The van der Waals surface area contributed by atoms with Crippen molar-refractivity contribution in [2.24, 2.45) is 0 Å². The summed E-state index contributed by atoms with van der Waals surface area (Å²) < 4.78 is 0.942. The molecule has 0 unspecified atom stereocenters. The standard InChI is InChI=1S/C9H5N3OS/c13-9-12-7-2-6-5(1-8(7)14-9)3-10-4-11-6/h1-4H,(H,12,13). The summed E-state index contributed by atoms with van der Waals surface area (Å²) >= 11 is 1.20. The average molecular weight is 203 g/mol. The molecule has 0 saturated carbocycles. The molecule has 2 aromatic heterocycles. The molecule has 0 amide bonds. The Kier molecular flexibility index (Phi) is 1.43. The Labute approximate surface area is 82.3 Å². The molecule has 0 radical (unpaired) electrons. The maximum Gasteiger partial charge on any atom is 0.305 e. The highest BCUT2D eigenvalue weighted by Crippen LogP contribution is 2.20. The van der Waals surface area contributed by atoms with Crippen molar-refractivity contribution in [3.63, 3.8) is 0 Å². The van der Waals surface area contributed by atoms with Crippen molar-refractivity contribution in [1.82, 2.24) is 15.0 Å². The number of hydrogen-bond acceptors (Lipinski definition) is 4. The third-order valence-corrected chi connectivity index (χ3v) is 2.89. The molecule has 68 valence electrons. The second-order valence-corrected chi connectivity index (χ2v) is 3.96. The molecule has 4 nitrogen and oxygen atoms in total. The number of aromatic amines is 1. The minimum atomic E-state index is -0.0386. The van der Waals surface area contributed by atoms with Gasteiger partial charge in [-0.15, -0.1) is 0 Å². The molecule has 3 aromatic rings. The second-order valence-electron chi connectivity index (χ2n) is 2.94. The minimum Gasteiger partial charge on any atom is -0.312 e. The lowest BCUT2D eigenvalue weighted by Crippen LogP contribution is -1.89. The van der Waals surface area contributed by atoms with E-state index in [9.17, 15) is 4.79 Å². The molecule has 0 aliphatic heterocycles. The molecule has 0 bridgehead atoms. The summed E-state index contributed by atoms with van der Waals surface area (Å²) in [4.78, 5) is 21.9. The van der Waals surface area contributed by atoms with Crippen LogP contribution < -0.4 is 4.87 Å². The summed E-state index contributed by atoms with van der Waals surface area (Å²) in [5, 5.41) is 0.954. The SMILES string of the molecule is O=c1[nH]c2cc3ncncc3cc2s1. The lowest BCUT2D eigenvalue weighted by Gasteiger charge is -1.94. The van der Waals surface area contributed by atoms with Crippen LogP contribution in [0.1, 0.15) is 0 Å². The van der Waals surface area contributed by atoms with Crippen LogP contribution in [0.3, 0.4) is 0 Å². The average Bonchev–Trinajstić information content (AvgIpc) is 2.53. The van der Waals surface area contributed by atoms with E-state index in [4.69, 9.17) is 0 Å². The highest BCUT2D eigenvalue weighted by molar-refractivity contribution is 7.16. The number of fused-ring (bicyclic) bond motifs is 2. The molecular weight excluding hydrogens is 198 g/mol. The lowest BCUT2D eigenvalue weighted by atomic mass is 10.2. The molecule has 0 atom stereocenters. The zero-order valence-electron chi connectivity index (χ0n) is 7.02. The summed E-state index contributed by atoms with van der Waals surface area (Å²) in [5.41, 5.74) is 1.69. The van der Waals surface area contributed by atoms with E-state index in [0.29, 0.717) is 0 Å². The summed E-state index contributed by atoms with van der Waals surface area (Å²) in [6.45, 7) is 0. The monoisotopic (exact) mass is 203 g/mol. The minimum absolute atomic E-state index is 0.0386. The zero-order valence-corrected chi connectivity index (χ0v) is 7.84. The van der Waals surface area contributed by atoms with Crippen molar-refractivity contribution in [3.05, 3.63) is 34.3 Å². The summed E-state index contributed by atoms with van der Waals surface area (Å²) in [6.07, 6.45) is 3.24. The fraction of sp³-hybridized carbons (Fsp3) is 0. The molecule has 1 N–H and O–H groups in total. The molecule has 2 heterocycles. The normalized spacial score (nSPS) is 11.1. The molecule has 3 rings (SSSR count). The Bertz CT molecular complexity index is 615. The van der Waals surface area contributed by atoms with E-state index in [1.807, 2.05) is 12.1 Å². The number of H-pyrrole nitrogens is 1. The molecule has 5 heteroatoms. The van der Waals surface area contributed by atoms with Gasteiger partial charge in [0, 0.05) is 11.6 Å². The van der Waals surface area contributed by atoms with Gasteiger partial charge in [0.05, 0.1) is 15.7 Å². The van der Waals surface area contributed by atoms with Crippen molar-refractivity contribution in [2.45, 2.75) is 0 Å². The first-order valence-corrected chi connectivity index (χ1v) is 4.87. The van der Waals surface area contributed by atoms with Crippen LogP contribution in [0.15, 0.2) is 29.5 Å². The predicted molar refractivity (Wildman–Crippen MR) is 55.5 cm³/mol. The zero-order chi connectivity index (χ0) is 9.54. The fourth-order valence-corrected chi connectivity index (χ4v) is 2.19. The van der Waals surface area contributed by atoms with Crippen LogP contribution in [-0.4, -0.2) is 15.0 Å². The maximum atomic E-state index is 11.1. The van der Waals surface area contributed by atoms with Crippen LogP contribution in [0.5, 0.6) is 0 Å². The van der Waals surface area contributed by atoms with Crippen LogP contribution >= 0.6 is 11.3 Å². The van der Waals surface area contributed by atoms with Gasteiger partial charge in [0.15, 0.2) is 0 Å². The topological polar surface area (TPSA) is 58.6 Å². The Balaban J connectivity index is 2.57. The van der Waals surface area contributed by atoms with E-state index in [1.165, 1.54) is 17.7 Å². The number of aromatic nitrogens is 3. The molecule has 0 aliphatic carbocycles. The highest BCUT2D eigenvalue weighted by atomic mass is 32.1. The van der Waals surface area contributed by atoms with Crippen LogP contribution in [-0.2, 0) is 0 Å². The van der Waals surface area contributed by atoms with Crippen molar-refractivity contribution in [2.75, 3.05) is 0 Å². The third-order valence-electron chi connectivity index (χ3n) is 2.05. The van der Waals surface area contributed by atoms with E-state index in [-0.39, 0.29) is 4.87 Å². The lowest BCUT2D eigenvalue weighted by molar-refractivity contribution is 1.22. The van der Waals surface area contributed by atoms with Crippen molar-refractivity contribution in [1.29, 1.82) is 0 Å². The molecule has 0 aliphatic rings. The van der Waals surface area contributed by atoms with Gasteiger partial charge in [0.1, 0.15) is 6.33 Å². The van der Waals surface area contributed by atoms with Crippen molar-refractivity contribution >= 4 is 32.5 Å². The first kappa shape index (κ1) is 7.64. The largest absolute Gasteiger partial charge is 0.312 e. The van der Waals surface area contributed by atoms with E-state index in [0.717, 1.165) is 21.1 Å². The Morgan fingerprint density at radius 2 is 2.29 bits per heavy atom. The van der Waals surface area contributed by atoms with Gasteiger partial charge in [-0.3, -0.25) is 4.79 Å². The van der Waals surface area contributed by atoms with Gasteiger partial charge in [0.2, 0.25) is 0 Å². The summed E-state index contributed by atoms with van der Waals surface area (Å²) in [7, 11) is 0. The number of rotatable bonds is 0. The van der Waals surface area contributed by atoms with Gasteiger partial charge >= 0.3 is 4.87 Å². The third kappa shape index (κ3) is 1.03. The van der Waals surface area contributed by atoms with E-state index in [1.54, 1.807) is 6.20 Å². The molecule has 14 heavy (non-hydrogen) atoms. The van der Waals surface area contributed by atoms with E-state index in [2.05, 4.69) is 15.0 Å². The predicted octanol–water partition coefficient (Wildman–Crippen LogP) is 1.53. The fourth-order valence-electron chi connectivity index (χ4n) is 1.43. The quantitative estimate of drug-likeness (QED) is 0.602. The number of hydrogen-bond donors (Lipinski definition) is 1. The highest BCUT2D eigenvalue weighted by Gasteiger charge is 2.01. The summed E-state index contributed by atoms with van der Waals surface area (Å²) in [6, 6.07) is 3.79. The Morgan fingerprint density at radius 1 is 1.36 bits per heavy atom. The molecular formula is C9H5N3OS. The first-order chi connectivity index (χ1) is 6.83. The number of benzene rings is 1. The van der Waals surface area contributed by atoms with Gasteiger partial charge in [0.25, 0.3) is 0 Å². The van der Waals surface area contributed by atoms with E-state index < -0.39 is 0 Å².